The van der Waals surface area contributed by atoms with Gasteiger partial charge in [0.1, 0.15) is 5.75 Å². The van der Waals surface area contributed by atoms with Crippen LogP contribution in [0.2, 0.25) is 0 Å². The summed E-state index contributed by atoms with van der Waals surface area (Å²) in [6.45, 7) is 5.56. The summed E-state index contributed by atoms with van der Waals surface area (Å²) in [5.74, 6) is -0.00974. The van der Waals surface area contributed by atoms with Gasteiger partial charge in [0.25, 0.3) is 0 Å². The quantitative estimate of drug-likeness (QED) is 0.0980. The van der Waals surface area contributed by atoms with Gasteiger partial charge in [0, 0.05) is 40.2 Å². The van der Waals surface area contributed by atoms with Crippen molar-refractivity contribution < 1.29 is 9.53 Å². The van der Waals surface area contributed by atoms with Crippen molar-refractivity contribution in [3.63, 3.8) is 0 Å². The molecule has 6 aromatic rings. The number of esters is 1. The highest BCUT2D eigenvalue weighted by molar-refractivity contribution is 5.84. The van der Waals surface area contributed by atoms with Gasteiger partial charge in [0.15, 0.2) is 0 Å². The van der Waals surface area contributed by atoms with Crippen molar-refractivity contribution in [3.05, 3.63) is 176 Å². The maximum Gasteiger partial charge on any atom is 0.335 e. The van der Waals surface area contributed by atoms with E-state index in [2.05, 4.69) is 145 Å². The molecule has 6 aromatic carbocycles. The Bertz CT molecular complexity index is 1810. The molecule has 4 nitrogen and oxygen atoms in total. The number of ether oxygens (including phenoxy) is 1. The molecule has 0 atom stereocenters. The molecule has 44 heavy (non-hydrogen) atoms. The maximum atomic E-state index is 11.7. The third-order valence-electron chi connectivity index (χ3n) is 7.35. The summed E-state index contributed by atoms with van der Waals surface area (Å²) in [5.41, 5.74) is 9.76. The van der Waals surface area contributed by atoms with Crippen molar-refractivity contribution in [1.29, 1.82) is 0 Å². The topological polar surface area (TPSA) is 32.8 Å². The van der Waals surface area contributed by atoms with Crippen LogP contribution in [0.4, 0.5) is 34.1 Å². The Morgan fingerprint density at radius 3 is 1.39 bits per heavy atom. The van der Waals surface area contributed by atoms with Crippen LogP contribution >= 0.6 is 0 Å². The number of carbonyl (C=O) groups is 1. The summed E-state index contributed by atoms with van der Waals surface area (Å²) in [6, 6.07) is 54.0. The molecule has 0 unspecified atom stereocenters. The number of hydrogen-bond acceptors (Lipinski definition) is 4. The highest BCUT2D eigenvalue weighted by Gasteiger charge is 2.15. The minimum absolute atomic E-state index is 0.472. The second kappa shape index (κ2) is 13.0. The smallest absolute Gasteiger partial charge is 0.335 e. The molecular formula is C40H32N2O2. The second-order valence-corrected chi connectivity index (χ2v) is 10.4. The fraction of sp³-hybridized carbons (Fsp3) is 0.0250. The molecule has 0 aromatic heterocycles. The van der Waals surface area contributed by atoms with E-state index in [0.29, 0.717) is 5.75 Å². The summed E-state index contributed by atoms with van der Waals surface area (Å²) in [7, 11) is 0. The van der Waals surface area contributed by atoms with Gasteiger partial charge in [-0.15, -0.1) is 0 Å². The lowest BCUT2D eigenvalue weighted by atomic mass is 10.0. The monoisotopic (exact) mass is 572 g/mol. The molecule has 0 radical (unpaired) electrons. The summed E-state index contributed by atoms with van der Waals surface area (Å²) >= 11 is 0. The van der Waals surface area contributed by atoms with Gasteiger partial charge in [-0.25, -0.2) is 4.79 Å². The Morgan fingerprint density at radius 1 is 0.523 bits per heavy atom. The van der Waals surface area contributed by atoms with E-state index in [1.807, 2.05) is 24.3 Å². The molecule has 4 heteroatoms. The number of para-hydroxylation sites is 2. The average Bonchev–Trinajstić information content (AvgIpc) is 3.07. The van der Waals surface area contributed by atoms with E-state index < -0.39 is 5.97 Å². The van der Waals surface area contributed by atoms with Crippen LogP contribution in [0, 0.1) is 6.92 Å². The third kappa shape index (κ3) is 6.30. The van der Waals surface area contributed by atoms with Gasteiger partial charge in [0.05, 0.1) is 0 Å². The van der Waals surface area contributed by atoms with Crippen molar-refractivity contribution in [2.75, 3.05) is 9.80 Å². The number of benzene rings is 6. The van der Waals surface area contributed by atoms with Crippen molar-refractivity contribution in [2.24, 2.45) is 0 Å². The first-order valence-corrected chi connectivity index (χ1v) is 14.5. The molecule has 0 bridgehead atoms. The van der Waals surface area contributed by atoms with Crippen molar-refractivity contribution in [3.8, 4) is 16.9 Å². The number of hydrogen-bond donors (Lipinski definition) is 0. The number of aryl methyl sites for hydroxylation is 1. The van der Waals surface area contributed by atoms with Gasteiger partial charge >= 0.3 is 5.97 Å². The van der Waals surface area contributed by atoms with Gasteiger partial charge in [-0.3, -0.25) is 0 Å². The normalized spacial score (nSPS) is 10.6. The Labute approximate surface area is 258 Å². The first kappa shape index (κ1) is 28.3. The van der Waals surface area contributed by atoms with Gasteiger partial charge in [0.2, 0.25) is 0 Å². The molecule has 0 saturated heterocycles. The Balaban J connectivity index is 1.30. The van der Waals surface area contributed by atoms with Gasteiger partial charge in [-0.05, 0) is 109 Å². The van der Waals surface area contributed by atoms with Crippen molar-refractivity contribution in [2.45, 2.75) is 6.92 Å². The molecule has 0 amide bonds. The molecule has 0 fully saturated rings. The molecule has 0 heterocycles. The summed E-state index contributed by atoms with van der Waals surface area (Å²) in [5, 5.41) is 0. The number of rotatable bonds is 9. The van der Waals surface area contributed by atoms with Gasteiger partial charge in [-0.1, -0.05) is 79.4 Å². The van der Waals surface area contributed by atoms with E-state index in [-0.39, 0.29) is 0 Å². The van der Waals surface area contributed by atoms with Crippen LogP contribution < -0.4 is 14.5 Å². The zero-order valence-corrected chi connectivity index (χ0v) is 24.5. The first-order chi connectivity index (χ1) is 21.6. The Morgan fingerprint density at radius 2 is 0.932 bits per heavy atom. The van der Waals surface area contributed by atoms with E-state index >= 15 is 0 Å². The number of anilines is 6. The lowest BCUT2D eigenvalue weighted by Gasteiger charge is -2.26. The molecule has 0 saturated carbocycles. The maximum absolute atomic E-state index is 11.7. The van der Waals surface area contributed by atoms with Crippen LogP contribution in [0.5, 0.6) is 5.75 Å². The highest BCUT2D eigenvalue weighted by Crippen LogP contribution is 2.38. The molecule has 0 spiro atoms. The van der Waals surface area contributed by atoms with E-state index in [9.17, 15) is 4.79 Å². The summed E-state index contributed by atoms with van der Waals surface area (Å²) < 4.78 is 5.29. The predicted octanol–water partition coefficient (Wildman–Crippen LogP) is 10.7. The fourth-order valence-corrected chi connectivity index (χ4v) is 5.24. The number of carbonyl (C=O) groups excluding carboxylic acids is 1. The van der Waals surface area contributed by atoms with Crippen molar-refractivity contribution in [1.82, 2.24) is 0 Å². The lowest BCUT2D eigenvalue weighted by Crippen LogP contribution is -2.10. The summed E-state index contributed by atoms with van der Waals surface area (Å²) in [6.07, 6.45) is 1.16. The highest BCUT2D eigenvalue weighted by atomic mass is 16.5. The fourth-order valence-electron chi connectivity index (χ4n) is 5.24. The van der Waals surface area contributed by atoms with Gasteiger partial charge in [-0.2, -0.15) is 0 Å². The van der Waals surface area contributed by atoms with E-state index in [4.69, 9.17) is 4.74 Å². The molecule has 6 rings (SSSR count). The molecular weight excluding hydrogens is 540 g/mol. The minimum atomic E-state index is -0.482. The molecule has 0 aliphatic rings. The molecule has 0 aliphatic heterocycles. The SMILES string of the molecule is C=CC(=O)Oc1ccc(N(c2ccc(-c3ccc(N(c4ccccc4)c4ccccc4)cc3)cc2)c2cccc(C)c2)cc1. The zero-order valence-electron chi connectivity index (χ0n) is 24.5. The predicted molar refractivity (Wildman–Crippen MR) is 182 cm³/mol. The summed E-state index contributed by atoms with van der Waals surface area (Å²) in [4.78, 5) is 16.1. The van der Waals surface area contributed by atoms with E-state index in [0.717, 1.165) is 51.3 Å². The van der Waals surface area contributed by atoms with Crippen LogP contribution in [0.1, 0.15) is 5.56 Å². The zero-order chi connectivity index (χ0) is 30.3. The minimum Gasteiger partial charge on any atom is -0.423 e. The van der Waals surface area contributed by atoms with Crippen LogP contribution in [0.25, 0.3) is 11.1 Å². The van der Waals surface area contributed by atoms with E-state index in [1.165, 1.54) is 5.56 Å². The molecule has 0 aliphatic carbocycles. The Hall–Kier alpha value is -5.87. The largest absolute Gasteiger partial charge is 0.423 e. The second-order valence-electron chi connectivity index (χ2n) is 10.4. The van der Waals surface area contributed by atoms with Crippen LogP contribution in [0.15, 0.2) is 170 Å². The Kier molecular flexibility index (Phi) is 8.33. The van der Waals surface area contributed by atoms with E-state index in [1.54, 1.807) is 12.1 Å². The number of nitrogens with zero attached hydrogens (tertiary/aromatic N) is 2. The molecule has 0 N–H and O–H groups in total. The van der Waals surface area contributed by atoms with Gasteiger partial charge < -0.3 is 14.5 Å². The van der Waals surface area contributed by atoms with Crippen molar-refractivity contribution >= 4 is 40.1 Å². The average molecular weight is 573 g/mol. The molecule has 214 valence electrons. The van der Waals surface area contributed by atoms with Crippen LogP contribution in [-0.2, 0) is 4.79 Å². The standard InChI is InChI=1S/C40H32N2O2/c1-3-40(43)44-39-27-25-37(26-28-39)42(38-16-10-11-30(2)29-38)36-23-19-32(20-24-36)31-17-21-35(22-18-31)41(33-12-6-4-7-13-33)34-14-8-5-9-15-34/h3-29H,1H2,2H3. The lowest BCUT2D eigenvalue weighted by molar-refractivity contribution is -0.128. The first-order valence-electron chi connectivity index (χ1n) is 14.5. The third-order valence-corrected chi connectivity index (χ3v) is 7.35. The van der Waals surface area contributed by atoms with Crippen LogP contribution in [0.3, 0.4) is 0 Å². The van der Waals surface area contributed by atoms with Crippen LogP contribution in [-0.4, -0.2) is 5.97 Å².